The lowest BCUT2D eigenvalue weighted by Crippen LogP contribution is -2.02. The summed E-state index contributed by atoms with van der Waals surface area (Å²) in [7, 11) is 1.59. The van der Waals surface area contributed by atoms with Crippen molar-refractivity contribution in [2.75, 3.05) is 13.7 Å². The van der Waals surface area contributed by atoms with Gasteiger partial charge in [0.15, 0.2) is 11.5 Å². The number of ether oxygens (including phenoxy) is 3. The summed E-state index contributed by atoms with van der Waals surface area (Å²) < 4.78 is 16.6. The Morgan fingerprint density at radius 3 is 2.71 bits per heavy atom. The molecule has 5 heteroatoms. The van der Waals surface area contributed by atoms with Crippen LogP contribution in [-0.4, -0.2) is 18.7 Å². The summed E-state index contributed by atoms with van der Waals surface area (Å²) in [6, 6.07) is 9.45. The van der Waals surface area contributed by atoms with E-state index in [2.05, 4.69) is 4.98 Å². The molecule has 21 heavy (non-hydrogen) atoms. The predicted molar refractivity (Wildman–Crippen MR) is 82.3 cm³/mol. The van der Waals surface area contributed by atoms with Gasteiger partial charge < -0.3 is 14.2 Å². The molecule has 0 spiro atoms. The smallest absolute Gasteiger partial charge is 0.219 e. The molecule has 4 nitrogen and oxygen atoms in total. The topological polar surface area (TPSA) is 40.6 Å². The van der Waals surface area contributed by atoms with Crippen LogP contribution in [0.15, 0.2) is 36.5 Å². The van der Waals surface area contributed by atoms with E-state index in [0.29, 0.717) is 36.5 Å². The third-order valence-electron chi connectivity index (χ3n) is 2.89. The zero-order valence-corrected chi connectivity index (χ0v) is 12.9. The van der Waals surface area contributed by atoms with Crippen LogP contribution in [0.25, 0.3) is 0 Å². The summed E-state index contributed by atoms with van der Waals surface area (Å²) in [6.07, 6.45) is 1.68. The van der Waals surface area contributed by atoms with Crippen LogP contribution in [0.3, 0.4) is 0 Å². The highest BCUT2D eigenvalue weighted by Crippen LogP contribution is 2.30. The standard InChI is InChI=1S/C16H18ClNO3/c1-3-20-15-9-12(10-17)6-7-14(15)21-11-13-5-4-8-18-16(13)19-2/h4-9H,3,10-11H2,1-2H3. The maximum atomic E-state index is 5.84. The lowest BCUT2D eigenvalue weighted by molar-refractivity contribution is 0.263. The van der Waals surface area contributed by atoms with Crippen LogP contribution < -0.4 is 14.2 Å². The summed E-state index contributed by atoms with van der Waals surface area (Å²) in [5.74, 6) is 2.37. The molecule has 0 saturated carbocycles. The molecular weight excluding hydrogens is 290 g/mol. The van der Waals surface area contributed by atoms with Crippen molar-refractivity contribution in [2.24, 2.45) is 0 Å². The quantitative estimate of drug-likeness (QED) is 0.729. The second-order valence-electron chi connectivity index (χ2n) is 4.31. The maximum Gasteiger partial charge on any atom is 0.219 e. The molecule has 2 rings (SSSR count). The first-order valence-electron chi connectivity index (χ1n) is 6.70. The fraction of sp³-hybridized carbons (Fsp3) is 0.312. The number of methoxy groups -OCH3 is 1. The Kier molecular flexibility index (Phi) is 5.69. The number of rotatable bonds is 7. The van der Waals surface area contributed by atoms with Crippen molar-refractivity contribution in [3.63, 3.8) is 0 Å². The number of benzene rings is 1. The number of halogens is 1. The van der Waals surface area contributed by atoms with Gasteiger partial charge in [-0.15, -0.1) is 11.6 Å². The number of nitrogens with zero attached hydrogens (tertiary/aromatic N) is 1. The van der Waals surface area contributed by atoms with Crippen LogP contribution in [0.1, 0.15) is 18.1 Å². The average molecular weight is 308 g/mol. The van der Waals surface area contributed by atoms with E-state index >= 15 is 0 Å². The van der Waals surface area contributed by atoms with Gasteiger partial charge in [-0.05, 0) is 36.8 Å². The van der Waals surface area contributed by atoms with Crippen molar-refractivity contribution in [3.8, 4) is 17.4 Å². The van der Waals surface area contributed by atoms with Crippen LogP contribution in [0.2, 0.25) is 0 Å². The van der Waals surface area contributed by atoms with E-state index in [-0.39, 0.29) is 0 Å². The fourth-order valence-corrected chi connectivity index (χ4v) is 2.06. The molecule has 1 aromatic heterocycles. The van der Waals surface area contributed by atoms with Crippen LogP contribution >= 0.6 is 11.6 Å². The lowest BCUT2D eigenvalue weighted by Gasteiger charge is -2.13. The molecule has 0 aliphatic heterocycles. The van der Waals surface area contributed by atoms with E-state index in [1.54, 1.807) is 13.3 Å². The summed E-state index contributed by atoms with van der Waals surface area (Å²) in [5, 5.41) is 0. The minimum Gasteiger partial charge on any atom is -0.490 e. The molecule has 0 fully saturated rings. The molecule has 0 aliphatic carbocycles. The van der Waals surface area contributed by atoms with E-state index in [1.807, 2.05) is 37.3 Å². The zero-order valence-electron chi connectivity index (χ0n) is 12.1. The molecule has 112 valence electrons. The van der Waals surface area contributed by atoms with E-state index in [9.17, 15) is 0 Å². The number of aromatic nitrogens is 1. The van der Waals surface area contributed by atoms with Crippen molar-refractivity contribution in [3.05, 3.63) is 47.7 Å². The van der Waals surface area contributed by atoms with Gasteiger partial charge in [0.05, 0.1) is 19.3 Å². The summed E-state index contributed by atoms with van der Waals surface area (Å²) in [6.45, 7) is 2.86. The normalized spacial score (nSPS) is 10.2. The zero-order chi connectivity index (χ0) is 15.1. The minimum absolute atomic E-state index is 0.358. The molecule has 0 atom stereocenters. The lowest BCUT2D eigenvalue weighted by atomic mass is 10.2. The minimum atomic E-state index is 0.358. The average Bonchev–Trinajstić information content (AvgIpc) is 2.54. The second-order valence-corrected chi connectivity index (χ2v) is 4.58. The molecule has 1 aromatic carbocycles. The van der Waals surface area contributed by atoms with Gasteiger partial charge in [-0.25, -0.2) is 4.98 Å². The molecular formula is C16H18ClNO3. The SMILES string of the molecule is CCOc1cc(CCl)ccc1OCc1cccnc1OC. The van der Waals surface area contributed by atoms with E-state index in [1.165, 1.54) is 0 Å². The number of hydrogen-bond donors (Lipinski definition) is 0. The third-order valence-corrected chi connectivity index (χ3v) is 3.20. The van der Waals surface area contributed by atoms with Crippen molar-refractivity contribution < 1.29 is 14.2 Å². The van der Waals surface area contributed by atoms with Crippen molar-refractivity contribution in [1.29, 1.82) is 0 Å². The molecule has 0 bridgehead atoms. The van der Waals surface area contributed by atoms with Crippen LogP contribution in [0.4, 0.5) is 0 Å². The molecule has 0 unspecified atom stereocenters. The highest BCUT2D eigenvalue weighted by atomic mass is 35.5. The molecule has 1 heterocycles. The number of hydrogen-bond acceptors (Lipinski definition) is 4. The summed E-state index contributed by atoms with van der Waals surface area (Å²) in [5.41, 5.74) is 1.87. The van der Waals surface area contributed by atoms with E-state index in [4.69, 9.17) is 25.8 Å². The molecule has 0 N–H and O–H groups in total. The van der Waals surface area contributed by atoms with Gasteiger partial charge in [0.25, 0.3) is 0 Å². The molecule has 0 aliphatic rings. The number of alkyl halides is 1. The largest absolute Gasteiger partial charge is 0.490 e. The fourth-order valence-electron chi connectivity index (χ4n) is 1.90. The highest BCUT2D eigenvalue weighted by Gasteiger charge is 2.09. The van der Waals surface area contributed by atoms with Crippen LogP contribution in [-0.2, 0) is 12.5 Å². The van der Waals surface area contributed by atoms with Gasteiger partial charge in [0.1, 0.15) is 6.61 Å². The van der Waals surface area contributed by atoms with Gasteiger partial charge >= 0.3 is 0 Å². The van der Waals surface area contributed by atoms with Crippen molar-refractivity contribution >= 4 is 11.6 Å². The first-order chi connectivity index (χ1) is 10.3. The first-order valence-corrected chi connectivity index (χ1v) is 7.24. The van der Waals surface area contributed by atoms with Gasteiger partial charge in [-0.2, -0.15) is 0 Å². The Bertz CT molecular complexity index is 589. The van der Waals surface area contributed by atoms with E-state index < -0.39 is 0 Å². The van der Waals surface area contributed by atoms with Crippen LogP contribution in [0, 0.1) is 0 Å². The Labute approximate surface area is 129 Å². The van der Waals surface area contributed by atoms with Crippen molar-refractivity contribution in [2.45, 2.75) is 19.4 Å². The summed E-state index contributed by atoms with van der Waals surface area (Å²) in [4.78, 5) is 4.14. The monoisotopic (exact) mass is 307 g/mol. The Hall–Kier alpha value is -1.94. The van der Waals surface area contributed by atoms with Crippen LogP contribution in [0.5, 0.6) is 17.4 Å². The van der Waals surface area contributed by atoms with Gasteiger partial charge in [-0.3, -0.25) is 0 Å². The van der Waals surface area contributed by atoms with Gasteiger partial charge in [0.2, 0.25) is 5.88 Å². The third kappa shape index (κ3) is 4.02. The molecule has 2 aromatic rings. The Balaban J connectivity index is 2.15. The van der Waals surface area contributed by atoms with E-state index in [0.717, 1.165) is 11.1 Å². The molecule has 0 amide bonds. The maximum absolute atomic E-state index is 5.84. The van der Waals surface area contributed by atoms with Gasteiger partial charge in [0, 0.05) is 12.1 Å². The summed E-state index contributed by atoms with van der Waals surface area (Å²) >= 11 is 5.84. The van der Waals surface area contributed by atoms with Gasteiger partial charge in [-0.1, -0.05) is 6.07 Å². The first kappa shape index (κ1) is 15.4. The number of pyridine rings is 1. The van der Waals surface area contributed by atoms with Crippen molar-refractivity contribution in [1.82, 2.24) is 4.98 Å². The highest BCUT2D eigenvalue weighted by molar-refractivity contribution is 6.17. The predicted octanol–water partition coefficient (Wildman–Crippen LogP) is 3.81. The second kappa shape index (κ2) is 7.74. The molecule has 0 saturated heterocycles. The Morgan fingerprint density at radius 2 is 2.00 bits per heavy atom. The Morgan fingerprint density at radius 1 is 1.14 bits per heavy atom. The molecule has 0 radical (unpaired) electrons.